The number of carbonyl (C=O) groups excluding carboxylic acids is 1. The highest BCUT2D eigenvalue weighted by molar-refractivity contribution is 5.92. The van der Waals surface area contributed by atoms with Gasteiger partial charge in [-0.2, -0.15) is 5.10 Å². The summed E-state index contributed by atoms with van der Waals surface area (Å²) in [6.07, 6.45) is 6.94. The molecule has 92 valence electrons. The van der Waals surface area contributed by atoms with Crippen molar-refractivity contribution in [2.45, 2.75) is 6.54 Å². The highest BCUT2D eigenvalue weighted by Gasteiger charge is 2.10. The number of aromatic amines is 1. The fourth-order valence-corrected chi connectivity index (χ4v) is 1.34. The Kier molecular flexibility index (Phi) is 4.11. The molecule has 2 rings (SSSR count). The Morgan fingerprint density at radius 3 is 3.00 bits per heavy atom. The average Bonchev–Trinajstić information content (AvgIpc) is 2.77. The molecule has 1 amide bonds. The van der Waals surface area contributed by atoms with E-state index in [2.05, 4.69) is 15.5 Å². The lowest BCUT2D eigenvalue weighted by atomic mass is 10.5. The van der Waals surface area contributed by atoms with Gasteiger partial charge in [0, 0.05) is 0 Å². The van der Waals surface area contributed by atoms with Gasteiger partial charge in [-0.1, -0.05) is 0 Å². The molecule has 0 aliphatic rings. The van der Waals surface area contributed by atoms with Gasteiger partial charge in [0.2, 0.25) is 6.33 Å². The molecule has 0 saturated carbocycles. The quantitative estimate of drug-likeness (QED) is 0.493. The third-order valence-electron chi connectivity index (χ3n) is 2.08. The first kappa shape index (κ1) is 13.0. The van der Waals surface area contributed by atoms with Crippen LogP contribution in [-0.2, 0) is 18.4 Å². The summed E-state index contributed by atoms with van der Waals surface area (Å²) < 4.78 is 3.62. The molecule has 0 bridgehead atoms. The van der Waals surface area contributed by atoms with Gasteiger partial charge in [-0.15, -0.1) is 0 Å². The van der Waals surface area contributed by atoms with E-state index in [1.54, 1.807) is 4.57 Å². The van der Waals surface area contributed by atoms with E-state index in [0.717, 1.165) is 0 Å². The van der Waals surface area contributed by atoms with Gasteiger partial charge in [-0.05, 0) is 0 Å². The SMILES string of the molecule is C[n+]1ccn(CC(=O)Nc2[nH]ncc2N)c1.[Cl-]. The number of aryl methyl sites for hydroxylation is 1. The zero-order valence-electron chi connectivity index (χ0n) is 9.22. The van der Waals surface area contributed by atoms with Crippen molar-refractivity contribution in [1.82, 2.24) is 14.8 Å². The number of carbonyl (C=O) groups is 1. The molecular weight excluding hydrogens is 244 g/mol. The Morgan fingerprint density at radius 2 is 2.47 bits per heavy atom. The van der Waals surface area contributed by atoms with E-state index in [4.69, 9.17) is 5.73 Å². The zero-order chi connectivity index (χ0) is 11.5. The van der Waals surface area contributed by atoms with Gasteiger partial charge >= 0.3 is 0 Å². The van der Waals surface area contributed by atoms with Crippen LogP contribution in [0.4, 0.5) is 11.5 Å². The van der Waals surface area contributed by atoms with Gasteiger partial charge < -0.3 is 23.5 Å². The van der Waals surface area contributed by atoms with E-state index in [0.29, 0.717) is 11.5 Å². The van der Waals surface area contributed by atoms with Crippen LogP contribution in [0.3, 0.4) is 0 Å². The molecule has 0 unspecified atom stereocenters. The van der Waals surface area contributed by atoms with Crippen LogP contribution in [0, 0.1) is 0 Å². The predicted molar refractivity (Wildman–Crippen MR) is 57.2 cm³/mol. The van der Waals surface area contributed by atoms with Crippen LogP contribution in [0.1, 0.15) is 0 Å². The number of nitrogen functional groups attached to an aromatic ring is 1. The first-order valence-electron chi connectivity index (χ1n) is 4.75. The minimum Gasteiger partial charge on any atom is -1.00 e. The van der Waals surface area contributed by atoms with Crippen molar-refractivity contribution in [3.8, 4) is 0 Å². The third-order valence-corrected chi connectivity index (χ3v) is 2.08. The summed E-state index contributed by atoms with van der Waals surface area (Å²) >= 11 is 0. The van der Waals surface area contributed by atoms with Crippen LogP contribution in [-0.4, -0.2) is 20.7 Å². The van der Waals surface area contributed by atoms with E-state index >= 15 is 0 Å². The molecule has 0 spiro atoms. The first-order chi connectivity index (χ1) is 7.65. The summed E-state index contributed by atoms with van der Waals surface area (Å²) in [5.41, 5.74) is 5.99. The Balaban J connectivity index is 0.00000144. The van der Waals surface area contributed by atoms with Gasteiger partial charge in [0.05, 0.1) is 18.9 Å². The number of nitrogens with zero attached hydrogens (tertiary/aromatic N) is 3. The molecule has 2 aromatic heterocycles. The van der Waals surface area contributed by atoms with Crippen molar-refractivity contribution in [1.29, 1.82) is 0 Å². The number of imidazole rings is 1. The lowest BCUT2D eigenvalue weighted by Gasteiger charge is -2.00. The second-order valence-corrected chi connectivity index (χ2v) is 3.50. The normalized spacial score (nSPS) is 9.71. The molecule has 0 aliphatic heterocycles. The van der Waals surface area contributed by atoms with Gasteiger partial charge in [0.15, 0.2) is 12.4 Å². The second kappa shape index (κ2) is 5.35. The van der Waals surface area contributed by atoms with Crippen molar-refractivity contribution < 1.29 is 21.8 Å². The minimum atomic E-state index is -0.160. The molecule has 4 N–H and O–H groups in total. The number of amides is 1. The summed E-state index contributed by atoms with van der Waals surface area (Å²) in [5.74, 6) is 0.272. The molecule has 17 heavy (non-hydrogen) atoms. The number of hydrogen-bond donors (Lipinski definition) is 3. The highest BCUT2D eigenvalue weighted by Crippen LogP contribution is 2.11. The topological polar surface area (TPSA) is 92.6 Å². The number of hydrogen-bond acceptors (Lipinski definition) is 3. The number of H-pyrrole nitrogens is 1. The van der Waals surface area contributed by atoms with Gasteiger partial charge in [-0.25, -0.2) is 9.13 Å². The number of nitrogens with one attached hydrogen (secondary N) is 2. The van der Waals surface area contributed by atoms with Crippen molar-refractivity contribution >= 4 is 17.4 Å². The standard InChI is InChI=1S/C9H12N6O.ClH/c1-14-2-3-15(6-14)5-8(16)12-9-7(10)4-11-13-9;/h2-4,6H,5,10H2,1H3,(H-,11,12,13,16);1H. The molecular formula is C9H13ClN6O. The Hall–Kier alpha value is -2.02. The molecule has 0 aliphatic carbocycles. The maximum Gasteiger partial charge on any atom is 0.267 e. The van der Waals surface area contributed by atoms with Crippen LogP contribution in [0.15, 0.2) is 24.9 Å². The van der Waals surface area contributed by atoms with E-state index < -0.39 is 0 Å². The maximum absolute atomic E-state index is 11.6. The van der Waals surface area contributed by atoms with E-state index in [9.17, 15) is 4.79 Å². The average molecular weight is 257 g/mol. The molecule has 8 heteroatoms. The predicted octanol–water partition coefficient (Wildman–Crippen LogP) is -3.74. The van der Waals surface area contributed by atoms with Crippen LogP contribution >= 0.6 is 0 Å². The molecule has 0 atom stereocenters. The molecule has 2 heterocycles. The number of halogens is 1. The Labute approximate surface area is 104 Å². The fourth-order valence-electron chi connectivity index (χ4n) is 1.34. The van der Waals surface area contributed by atoms with E-state index in [-0.39, 0.29) is 24.9 Å². The zero-order valence-corrected chi connectivity index (χ0v) is 9.98. The Bertz CT molecular complexity index is 505. The largest absolute Gasteiger partial charge is 1.00 e. The second-order valence-electron chi connectivity index (χ2n) is 3.50. The summed E-state index contributed by atoms with van der Waals surface area (Å²) in [6.45, 7) is 0.235. The fraction of sp³-hybridized carbons (Fsp3) is 0.222. The first-order valence-corrected chi connectivity index (χ1v) is 4.75. The van der Waals surface area contributed by atoms with E-state index in [1.807, 2.05) is 30.3 Å². The summed E-state index contributed by atoms with van der Waals surface area (Å²) in [4.78, 5) is 11.6. The number of nitrogens with two attached hydrogens (primary N) is 1. The van der Waals surface area contributed by atoms with Crippen LogP contribution < -0.4 is 28.0 Å². The number of anilines is 2. The monoisotopic (exact) mass is 256 g/mol. The maximum atomic E-state index is 11.6. The van der Waals surface area contributed by atoms with Gasteiger partial charge in [0.25, 0.3) is 5.91 Å². The highest BCUT2D eigenvalue weighted by atomic mass is 35.5. The lowest BCUT2D eigenvalue weighted by molar-refractivity contribution is -0.671. The van der Waals surface area contributed by atoms with Crippen molar-refractivity contribution in [3.63, 3.8) is 0 Å². The van der Waals surface area contributed by atoms with Gasteiger partial charge in [-0.3, -0.25) is 9.89 Å². The molecule has 0 aromatic carbocycles. The van der Waals surface area contributed by atoms with Crippen molar-refractivity contribution in [2.75, 3.05) is 11.1 Å². The number of rotatable bonds is 3. The lowest BCUT2D eigenvalue weighted by Crippen LogP contribution is -3.00. The number of aromatic nitrogens is 4. The minimum absolute atomic E-state index is 0. The summed E-state index contributed by atoms with van der Waals surface area (Å²) in [6, 6.07) is 0. The van der Waals surface area contributed by atoms with E-state index in [1.165, 1.54) is 6.20 Å². The van der Waals surface area contributed by atoms with Crippen molar-refractivity contribution in [3.05, 3.63) is 24.9 Å². The van der Waals surface area contributed by atoms with Crippen LogP contribution in [0.5, 0.6) is 0 Å². The molecule has 0 saturated heterocycles. The smallest absolute Gasteiger partial charge is 0.267 e. The Morgan fingerprint density at radius 1 is 1.71 bits per heavy atom. The summed E-state index contributed by atoms with van der Waals surface area (Å²) in [5, 5.41) is 8.95. The summed E-state index contributed by atoms with van der Waals surface area (Å²) in [7, 11) is 1.89. The molecule has 0 radical (unpaired) electrons. The third kappa shape index (κ3) is 3.22. The van der Waals surface area contributed by atoms with Gasteiger partial charge in [0.1, 0.15) is 12.4 Å². The molecule has 0 fully saturated rings. The molecule has 7 nitrogen and oxygen atoms in total. The van der Waals surface area contributed by atoms with Crippen LogP contribution in [0.2, 0.25) is 0 Å². The molecule has 2 aromatic rings. The van der Waals surface area contributed by atoms with Crippen molar-refractivity contribution in [2.24, 2.45) is 7.05 Å². The van der Waals surface area contributed by atoms with Crippen LogP contribution in [0.25, 0.3) is 0 Å².